The Morgan fingerprint density at radius 2 is 2.30 bits per heavy atom. The molecule has 0 unspecified atom stereocenters. The van der Waals surface area contributed by atoms with Crippen LogP contribution in [0, 0.1) is 5.41 Å². The maximum atomic E-state index is 8.97. The van der Waals surface area contributed by atoms with E-state index in [1.54, 1.807) is 7.11 Å². The van der Waals surface area contributed by atoms with Crippen LogP contribution in [0.1, 0.15) is 6.42 Å². The van der Waals surface area contributed by atoms with E-state index in [-0.39, 0.29) is 12.0 Å². The number of methoxy groups -OCH3 is 1. The van der Waals surface area contributed by atoms with Gasteiger partial charge < -0.3 is 15.2 Å². The molecule has 0 amide bonds. The van der Waals surface area contributed by atoms with Gasteiger partial charge in [-0.2, -0.15) is 0 Å². The van der Waals surface area contributed by atoms with Gasteiger partial charge in [0.15, 0.2) is 0 Å². The zero-order valence-electron chi connectivity index (χ0n) is 6.39. The molecule has 0 aromatic heterocycles. The molecule has 10 heavy (non-hydrogen) atoms. The van der Waals surface area contributed by atoms with Crippen molar-refractivity contribution in [2.24, 2.45) is 5.41 Å². The van der Waals surface area contributed by atoms with Crippen LogP contribution in [0.25, 0.3) is 0 Å². The van der Waals surface area contributed by atoms with Crippen LogP contribution in [0.15, 0.2) is 0 Å². The number of aliphatic hydroxyl groups excluding tert-OH is 1. The molecular formula is C7H15NO2. The highest BCUT2D eigenvalue weighted by Crippen LogP contribution is 2.25. The summed E-state index contributed by atoms with van der Waals surface area (Å²) < 4.78 is 4.94. The van der Waals surface area contributed by atoms with E-state index < -0.39 is 0 Å². The Hall–Kier alpha value is -0.120. The van der Waals surface area contributed by atoms with Crippen LogP contribution in [0.5, 0.6) is 0 Å². The Labute approximate surface area is 61.4 Å². The van der Waals surface area contributed by atoms with Gasteiger partial charge in [-0.25, -0.2) is 0 Å². The van der Waals surface area contributed by atoms with Gasteiger partial charge in [-0.1, -0.05) is 0 Å². The molecule has 1 rings (SSSR count). The fourth-order valence-electron chi connectivity index (χ4n) is 1.16. The van der Waals surface area contributed by atoms with Crippen molar-refractivity contribution >= 4 is 0 Å². The molecule has 3 heteroatoms. The van der Waals surface area contributed by atoms with Crippen LogP contribution >= 0.6 is 0 Å². The molecule has 0 bridgehead atoms. The van der Waals surface area contributed by atoms with Gasteiger partial charge in [0.2, 0.25) is 0 Å². The van der Waals surface area contributed by atoms with E-state index in [2.05, 4.69) is 5.32 Å². The van der Waals surface area contributed by atoms with Gasteiger partial charge >= 0.3 is 0 Å². The molecule has 1 heterocycles. The SMILES string of the molecule is COCCC1(CO)CNC1. The number of nitrogens with one attached hydrogen (secondary N) is 1. The molecule has 2 N–H and O–H groups in total. The van der Waals surface area contributed by atoms with E-state index in [1.165, 1.54) is 0 Å². The summed E-state index contributed by atoms with van der Waals surface area (Å²) in [5, 5.41) is 12.1. The first kappa shape index (κ1) is 7.98. The maximum Gasteiger partial charge on any atom is 0.0512 e. The molecule has 1 saturated heterocycles. The fraction of sp³-hybridized carbons (Fsp3) is 1.00. The average Bonchev–Trinajstić information content (AvgIpc) is 1.87. The van der Waals surface area contributed by atoms with Gasteiger partial charge in [-0.15, -0.1) is 0 Å². The molecule has 0 spiro atoms. The van der Waals surface area contributed by atoms with Crippen LogP contribution in [0.2, 0.25) is 0 Å². The zero-order valence-corrected chi connectivity index (χ0v) is 6.39. The lowest BCUT2D eigenvalue weighted by Gasteiger charge is -2.41. The normalized spacial score (nSPS) is 22.2. The topological polar surface area (TPSA) is 41.5 Å². The van der Waals surface area contributed by atoms with Crippen LogP contribution in [-0.2, 0) is 4.74 Å². The number of hydrogen-bond acceptors (Lipinski definition) is 3. The highest BCUT2D eigenvalue weighted by molar-refractivity contribution is 4.91. The van der Waals surface area contributed by atoms with Crippen LogP contribution < -0.4 is 5.32 Å². The van der Waals surface area contributed by atoms with Crippen molar-refractivity contribution in [3.63, 3.8) is 0 Å². The molecule has 3 nitrogen and oxygen atoms in total. The molecule has 1 aliphatic heterocycles. The lowest BCUT2D eigenvalue weighted by Crippen LogP contribution is -2.56. The van der Waals surface area contributed by atoms with E-state index >= 15 is 0 Å². The largest absolute Gasteiger partial charge is 0.396 e. The average molecular weight is 145 g/mol. The van der Waals surface area contributed by atoms with Crippen LogP contribution in [-0.4, -0.2) is 38.5 Å². The molecule has 0 aromatic rings. The number of ether oxygens (including phenoxy) is 1. The van der Waals surface area contributed by atoms with Crippen molar-refractivity contribution in [3.05, 3.63) is 0 Å². The number of hydrogen-bond donors (Lipinski definition) is 2. The fourth-order valence-corrected chi connectivity index (χ4v) is 1.16. The van der Waals surface area contributed by atoms with E-state index in [9.17, 15) is 0 Å². The summed E-state index contributed by atoms with van der Waals surface area (Å²) in [5.41, 5.74) is 0.135. The third-order valence-corrected chi connectivity index (χ3v) is 2.17. The lowest BCUT2D eigenvalue weighted by molar-refractivity contribution is 0.0331. The Balaban J connectivity index is 2.20. The van der Waals surface area contributed by atoms with Crippen molar-refractivity contribution in [1.29, 1.82) is 0 Å². The summed E-state index contributed by atoms with van der Waals surface area (Å²) in [5.74, 6) is 0. The quantitative estimate of drug-likeness (QED) is 0.566. The second-order valence-electron chi connectivity index (χ2n) is 3.00. The summed E-state index contributed by atoms with van der Waals surface area (Å²) in [6.07, 6.45) is 0.965. The maximum absolute atomic E-state index is 8.97. The minimum Gasteiger partial charge on any atom is -0.396 e. The Morgan fingerprint density at radius 1 is 1.60 bits per heavy atom. The van der Waals surface area contributed by atoms with Crippen LogP contribution in [0.3, 0.4) is 0 Å². The summed E-state index contributed by atoms with van der Waals surface area (Å²) in [7, 11) is 1.69. The monoisotopic (exact) mass is 145 g/mol. The number of aliphatic hydroxyl groups is 1. The van der Waals surface area contributed by atoms with E-state index in [0.29, 0.717) is 0 Å². The Bertz CT molecular complexity index is 96.3. The number of rotatable bonds is 4. The molecule has 1 fully saturated rings. The smallest absolute Gasteiger partial charge is 0.0512 e. The predicted molar refractivity (Wildman–Crippen MR) is 38.9 cm³/mol. The summed E-state index contributed by atoms with van der Waals surface area (Å²) >= 11 is 0. The van der Waals surface area contributed by atoms with Gasteiger partial charge in [-0.05, 0) is 6.42 Å². The van der Waals surface area contributed by atoms with Gasteiger partial charge in [0, 0.05) is 32.2 Å². The van der Waals surface area contributed by atoms with Gasteiger partial charge in [-0.3, -0.25) is 0 Å². The van der Waals surface area contributed by atoms with Crippen molar-refractivity contribution in [2.45, 2.75) is 6.42 Å². The lowest BCUT2D eigenvalue weighted by atomic mass is 9.80. The van der Waals surface area contributed by atoms with Gasteiger partial charge in [0.25, 0.3) is 0 Å². The second-order valence-corrected chi connectivity index (χ2v) is 3.00. The van der Waals surface area contributed by atoms with Crippen molar-refractivity contribution in [1.82, 2.24) is 5.32 Å². The third-order valence-electron chi connectivity index (χ3n) is 2.17. The predicted octanol–water partition coefficient (Wildman–Crippen LogP) is -0.395. The van der Waals surface area contributed by atoms with Crippen LogP contribution in [0.4, 0.5) is 0 Å². The molecule has 60 valence electrons. The highest BCUT2D eigenvalue weighted by atomic mass is 16.5. The Kier molecular flexibility index (Phi) is 2.65. The zero-order chi connectivity index (χ0) is 7.45. The molecular weight excluding hydrogens is 130 g/mol. The van der Waals surface area contributed by atoms with Crippen molar-refractivity contribution in [2.75, 3.05) is 33.4 Å². The molecule has 0 radical (unpaired) electrons. The molecule has 0 aromatic carbocycles. The van der Waals surface area contributed by atoms with Gasteiger partial charge in [0.05, 0.1) is 6.61 Å². The summed E-state index contributed by atoms with van der Waals surface area (Å²) in [6.45, 7) is 2.91. The van der Waals surface area contributed by atoms with E-state index in [1.807, 2.05) is 0 Å². The summed E-state index contributed by atoms with van der Waals surface area (Å²) in [4.78, 5) is 0. The highest BCUT2D eigenvalue weighted by Gasteiger charge is 2.35. The molecule has 0 aliphatic carbocycles. The first-order valence-electron chi connectivity index (χ1n) is 3.63. The summed E-state index contributed by atoms with van der Waals surface area (Å²) in [6, 6.07) is 0. The minimum absolute atomic E-state index is 0.135. The second kappa shape index (κ2) is 3.32. The third kappa shape index (κ3) is 1.48. The van der Waals surface area contributed by atoms with Gasteiger partial charge in [0.1, 0.15) is 0 Å². The van der Waals surface area contributed by atoms with E-state index in [4.69, 9.17) is 9.84 Å². The first-order chi connectivity index (χ1) is 4.83. The van der Waals surface area contributed by atoms with Crippen molar-refractivity contribution < 1.29 is 9.84 Å². The Morgan fingerprint density at radius 3 is 2.60 bits per heavy atom. The standard InChI is InChI=1S/C7H15NO2/c1-10-3-2-7(6-9)4-8-5-7/h8-9H,2-6H2,1H3. The van der Waals surface area contributed by atoms with E-state index in [0.717, 1.165) is 26.1 Å². The first-order valence-corrected chi connectivity index (χ1v) is 3.63. The molecule has 1 aliphatic rings. The molecule has 0 atom stereocenters. The molecule has 0 saturated carbocycles. The van der Waals surface area contributed by atoms with Crippen molar-refractivity contribution in [3.8, 4) is 0 Å². The minimum atomic E-state index is 0.135.